The fraction of sp³-hybridized carbons (Fsp3) is 0.800. The van der Waals surface area contributed by atoms with Gasteiger partial charge in [-0.15, -0.1) is 10.2 Å². The molecule has 4 aliphatic rings. The van der Waals surface area contributed by atoms with Crippen molar-refractivity contribution in [2.24, 2.45) is 23.7 Å². The van der Waals surface area contributed by atoms with E-state index in [1.807, 2.05) is 0 Å². The van der Waals surface area contributed by atoms with Crippen molar-refractivity contribution < 1.29 is 9.90 Å². The van der Waals surface area contributed by atoms with Crippen LogP contribution in [0.1, 0.15) is 56.8 Å². The molecule has 0 spiro atoms. The van der Waals surface area contributed by atoms with Crippen molar-refractivity contribution in [2.45, 2.75) is 51.0 Å². The first-order valence-corrected chi connectivity index (χ1v) is 7.75. The minimum atomic E-state index is -0.810. The predicted octanol–water partition coefficient (Wildman–Crippen LogP) is 2.46. The van der Waals surface area contributed by atoms with Crippen LogP contribution in [0.15, 0.2) is 6.33 Å². The van der Waals surface area contributed by atoms with Crippen LogP contribution in [-0.4, -0.2) is 25.8 Å². The summed E-state index contributed by atoms with van der Waals surface area (Å²) in [5, 5.41) is 17.6. The van der Waals surface area contributed by atoms with Crippen LogP contribution >= 0.6 is 0 Å². The van der Waals surface area contributed by atoms with E-state index in [9.17, 15) is 9.90 Å². The minimum absolute atomic E-state index is 0.437. The Morgan fingerprint density at radius 2 is 1.85 bits per heavy atom. The number of hydrogen-bond donors (Lipinski definition) is 1. The summed E-state index contributed by atoms with van der Waals surface area (Å²) in [5.74, 6) is 3.80. The van der Waals surface area contributed by atoms with Crippen molar-refractivity contribution in [1.29, 1.82) is 0 Å². The highest BCUT2D eigenvalue weighted by Crippen LogP contribution is 2.59. The summed E-state index contributed by atoms with van der Waals surface area (Å²) in [6.07, 6.45) is 8.27. The molecule has 4 aliphatic carbocycles. The molecule has 108 valence electrons. The standard InChI is InChI=1S/C15H21N3O2/c1-8(15(19)20)18-7-16-17-14(18)13-11-3-9-2-10(5-11)6-12(13)4-9/h7-13H,2-6H2,1H3,(H,19,20). The molecule has 1 aromatic heterocycles. The van der Waals surface area contributed by atoms with Gasteiger partial charge in [-0.2, -0.15) is 0 Å². The lowest BCUT2D eigenvalue weighted by Gasteiger charge is -2.54. The summed E-state index contributed by atoms with van der Waals surface area (Å²) in [6.45, 7) is 1.71. The van der Waals surface area contributed by atoms with Crippen molar-refractivity contribution in [1.82, 2.24) is 14.8 Å². The normalized spacial score (nSPS) is 40.0. The van der Waals surface area contributed by atoms with Crippen LogP contribution < -0.4 is 0 Å². The SMILES string of the molecule is CC(C(=O)O)n1cnnc1C1C2CC3CC(C2)CC1C3. The third-order valence-corrected chi connectivity index (χ3v) is 5.90. The summed E-state index contributed by atoms with van der Waals surface area (Å²) in [5.41, 5.74) is 0. The smallest absolute Gasteiger partial charge is 0.326 e. The number of carbonyl (C=O) groups is 1. The first-order chi connectivity index (χ1) is 9.63. The highest BCUT2D eigenvalue weighted by molar-refractivity contribution is 5.71. The molecule has 4 bridgehead atoms. The summed E-state index contributed by atoms with van der Waals surface area (Å²) in [6, 6.07) is -0.572. The largest absolute Gasteiger partial charge is 0.480 e. The van der Waals surface area contributed by atoms with Crippen LogP contribution in [-0.2, 0) is 4.79 Å². The summed E-state index contributed by atoms with van der Waals surface area (Å²) < 4.78 is 1.79. The molecule has 20 heavy (non-hydrogen) atoms. The maximum Gasteiger partial charge on any atom is 0.326 e. The molecule has 0 saturated heterocycles. The lowest BCUT2D eigenvalue weighted by atomic mass is 9.51. The Hall–Kier alpha value is -1.39. The van der Waals surface area contributed by atoms with E-state index < -0.39 is 12.0 Å². The molecule has 1 unspecified atom stereocenters. The van der Waals surface area contributed by atoms with E-state index in [1.165, 1.54) is 32.1 Å². The Bertz CT molecular complexity index is 511. The third-order valence-electron chi connectivity index (χ3n) is 5.90. The van der Waals surface area contributed by atoms with Gasteiger partial charge in [0.05, 0.1) is 0 Å². The molecule has 4 fully saturated rings. The molecule has 0 aliphatic heterocycles. The van der Waals surface area contributed by atoms with Crippen LogP contribution in [0.5, 0.6) is 0 Å². The average Bonchev–Trinajstić information content (AvgIpc) is 2.85. The molecule has 1 aromatic rings. The highest BCUT2D eigenvalue weighted by atomic mass is 16.4. The zero-order valence-corrected chi connectivity index (χ0v) is 11.8. The average molecular weight is 275 g/mol. The van der Waals surface area contributed by atoms with Crippen LogP contribution in [0.3, 0.4) is 0 Å². The van der Waals surface area contributed by atoms with Gasteiger partial charge in [0.1, 0.15) is 18.2 Å². The van der Waals surface area contributed by atoms with E-state index in [0.29, 0.717) is 17.8 Å². The lowest BCUT2D eigenvalue weighted by Crippen LogP contribution is -2.44. The number of aliphatic carboxylic acids is 1. The number of nitrogens with zero attached hydrogens (tertiary/aromatic N) is 3. The Kier molecular flexibility index (Phi) is 2.66. The van der Waals surface area contributed by atoms with E-state index in [1.54, 1.807) is 17.8 Å². The second kappa shape index (κ2) is 4.30. The Morgan fingerprint density at radius 3 is 2.40 bits per heavy atom. The Labute approximate surface area is 118 Å². The monoisotopic (exact) mass is 275 g/mol. The van der Waals surface area contributed by atoms with Crippen molar-refractivity contribution >= 4 is 5.97 Å². The Balaban J connectivity index is 1.68. The molecule has 0 radical (unpaired) electrons. The van der Waals surface area contributed by atoms with Gasteiger partial charge in [0.25, 0.3) is 0 Å². The second-order valence-electron chi connectivity index (χ2n) is 7.07. The van der Waals surface area contributed by atoms with Crippen LogP contribution in [0.4, 0.5) is 0 Å². The predicted molar refractivity (Wildman–Crippen MR) is 72.2 cm³/mol. The van der Waals surface area contributed by atoms with E-state index in [4.69, 9.17) is 0 Å². The van der Waals surface area contributed by atoms with Gasteiger partial charge in [0.2, 0.25) is 0 Å². The molecule has 1 atom stereocenters. The van der Waals surface area contributed by atoms with Crippen molar-refractivity contribution in [3.8, 4) is 0 Å². The van der Waals surface area contributed by atoms with Crippen molar-refractivity contribution in [3.05, 3.63) is 12.2 Å². The molecule has 4 saturated carbocycles. The Morgan fingerprint density at radius 1 is 1.25 bits per heavy atom. The zero-order chi connectivity index (χ0) is 13.9. The maximum atomic E-state index is 11.3. The van der Waals surface area contributed by atoms with Gasteiger partial charge in [-0.05, 0) is 62.7 Å². The van der Waals surface area contributed by atoms with Gasteiger partial charge in [0.15, 0.2) is 0 Å². The molecular formula is C15H21N3O2. The van der Waals surface area contributed by atoms with Gasteiger partial charge >= 0.3 is 5.97 Å². The minimum Gasteiger partial charge on any atom is -0.480 e. The number of carboxylic acids is 1. The molecule has 1 N–H and O–H groups in total. The number of carboxylic acid groups (broad SMARTS) is 1. The first kappa shape index (κ1) is 12.4. The van der Waals surface area contributed by atoms with E-state index in [-0.39, 0.29) is 0 Å². The maximum absolute atomic E-state index is 11.3. The summed E-state index contributed by atoms with van der Waals surface area (Å²) in [4.78, 5) is 11.3. The molecular weight excluding hydrogens is 254 g/mol. The summed E-state index contributed by atoms with van der Waals surface area (Å²) in [7, 11) is 0. The molecule has 0 aromatic carbocycles. The number of aromatic nitrogens is 3. The first-order valence-electron chi connectivity index (χ1n) is 7.75. The third kappa shape index (κ3) is 1.71. The second-order valence-corrected chi connectivity index (χ2v) is 7.07. The quantitative estimate of drug-likeness (QED) is 0.920. The topological polar surface area (TPSA) is 68.0 Å². The van der Waals surface area contributed by atoms with E-state index >= 15 is 0 Å². The lowest BCUT2D eigenvalue weighted by molar-refractivity contribution is -0.140. The van der Waals surface area contributed by atoms with Gasteiger partial charge < -0.3 is 9.67 Å². The van der Waals surface area contributed by atoms with E-state index in [2.05, 4.69) is 10.2 Å². The van der Waals surface area contributed by atoms with Crippen LogP contribution in [0.25, 0.3) is 0 Å². The molecule has 5 rings (SSSR count). The molecule has 1 heterocycles. The zero-order valence-electron chi connectivity index (χ0n) is 11.8. The molecule has 0 amide bonds. The van der Waals surface area contributed by atoms with E-state index in [0.717, 1.165) is 17.7 Å². The number of rotatable bonds is 3. The fourth-order valence-corrected chi connectivity index (χ4v) is 5.25. The van der Waals surface area contributed by atoms with Gasteiger partial charge in [-0.3, -0.25) is 0 Å². The highest BCUT2D eigenvalue weighted by Gasteiger charge is 2.50. The molecule has 5 nitrogen and oxygen atoms in total. The van der Waals surface area contributed by atoms with Gasteiger partial charge in [0, 0.05) is 5.92 Å². The van der Waals surface area contributed by atoms with Gasteiger partial charge in [-0.1, -0.05) is 0 Å². The van der Waals surface area contributed by atoms with Crippen LogP contribution in [0.2, 0.25) is 0 Å². The van der Waals surface area contributed by atoms with Gasteiger partial charge in [-0.25, -0.2) is 4.79 Å². The van der Waals surface area contributed by atoms with Crippen molar-refractivity contribution in [2.75, 3.05) is 0 Å². The number of hydrogen-bond acceptors (Lipinski definition) is 3. The summed E-state index contributed by atoms with van der Waals surface area (Å²) >= 11 is 0. The van der Waals surface area contributed by atoms with Crippen molar-refractivity contribution in [3.63, 3.8) is 0 Å². The molecule has 5 heteroatoms. The van der Waals surface area contributed by atoms with Crippen LogP contribution in [0, 0.1) is 23.7 Å². The fourth-order valence-electron chi connectivity index (χ4n) is 5.25.